The van der Waals surface area contributed by atoms with E-state index in [4.69, 9.17) is 11.6 Å². The third-order valence-corrected chi connectivity index (χ3v) is 3.58. The van der Waals surface area contributed by atoms with Crippen LogP contribution in [-0.4, -0.2) is 27.8 Å². The summed E-state index contributed by atoms with van der Waals surface area (Å²) in [5, 5.41) is 9.71. The van der Waals surface area contributed by atoms with Crippen molar-refractivity contribution in [2.45, 2.75) is 6.18 Å². The van der Waals surface area contributed by atoms with E-state index in [0.29, 0.717) is 29.6 Å². The molecule has 1 aliphatic rings. The van der Waals surface area contributed by atoms with Crippen molar-refractivity contribution < 1.29 is 22.8 Å². The molecule has 0 aromatic heterocycles. The monoisotopic (exact) mass is 329 g/mol. The predicted molar refractivity (Wildman–Crippen MR) is 68.4 cm³/mol. The second-order valence-corrected chi connectivity index (χ2v) is 5.22. The number of hydrogen-bond acceptors (Lipinski definition) is 5. The van der Waals surface area contributed by atoms with Gasteiger partial charge in [0, 0.05) is 5.75 Å². The number of thioether (sulfide) groups is 1. The Kier molecular flexibility index (Phi) is 4.31. The van der Waals surface area contributed by atoms with Gasteiger partial charge in [0.25, 0.3) is 0 Å². The van der Waals surface area contributed by atoms with E-state index in [0.717, 1.165) is 0 Å². The van der Waals surface area contributed by atoms with Gasteiger partial charge in [0.2, 0.25) is 5.17 Å². The van der Waals surface area contributed by atoms with Gasteiger partial charge in [-0.2, -0.15) is 13.2 Å². The number of benzene rings is 1. The van der Waals surface area contributed by atoms with Gasteiger partial charge < -0.3 is 0 Å². The molecule has 10 heteroatoms. The first-order valence-corrected chi connectivity index (χ1v) is 6.64. The Morgan fingerprint density at radius 3 is 2.60 bits per heavy atom. The number of anilines is 1. The summed E-state index contributed by atoms with van der Waals surface area (Å²) in [5.74, 6) is -0.579. The van der Waals surface area contributed by atoms with Crippen molar-refractivity contribution in [3.05, 3.63) is 28.5 Å². The second-order valence-electron chi connectivity index (χ2n) is 3.75. The fourth-order valence-corrected chi connectivity index (χ4v) is 2.42. The van der Waals surface area contributed by atoms with Crippen LogP contribution < -0.4 is 5.43 Å². The largest absolute Gasteiger partial charge is 0.416 e. The molecule has 0 unspecified atom stereocenters. The maximum absolute atomic E-state index is 13.7. The van der Waals surface area contributed by atoms with Crippen LogP contribution in [0.2, 0.25) is 5.02 Å². The summed E-state index contributed by atoms with van der Waals surface area (Å²) in [7, 11) is 0. The number of halogens is 5. The van der Waals surface area contributed by atoms with Gasteiger partial charge in [-0.1, -0.05) is 23.4 Å². The molecule has 0 spiro atoms. The lowest BCUT2D eigenvalue weighted by atomic mass is 10.2. The lowest BCUT2D eigenvalue weighted by molar-refractivity contribution is -0.137. The van der Waals surface area contributed by atoms with Crippen LogP contribution >= 0.6 is 23.4 Å². The lowest BCUT2D eigenvalue weighted by Gasteiger charge is -2.19. The smallest absolute Gasteiger partial charge is 0.268 e. The Bertz CT molecular complexity index is 529. The molecule has 0 saturated carbocycles. The second kappa shape index (κ2) is 5.66. The first-order chi connectivity index (χ1) is 9.29. The predicted octanol–water partition coefficient (Wildman–Crippen LogP) is 3.62. The van der Waals surface area contributed by atoms with E-state index in [-0.39, 0.29) is 5.17 Å². The van der Waals surface area contributed by atoms with Crippen LogP contribution in [0.5, 0.6) is 0 Å². The molecule has 0 saturated heterocycles. The Hall–Kier alpha value is -1.19. The average molecular weight is 330 g/mol. The third-order valence-electron chi connectivity index (χ3n) is 2.34. The molecule has 1 aliphatic heterocycles. The maximum Gasteiger partial charge on any atom is 0.416 e. The molecule has 4 nitrogen and oxygen atoms in total. The number of hydroxylamine groups is 1. The molecule has 2 rings (SSSR count). The Labute approximate surface area is 120 Å². The lowest BCUT2D eigenvalue weighted by Crippen LogP contribution is -2.30. The Balaban J connectivity index is 2.24. The van der Waals surface area contributed by atoms with Gasteiger partial charge in [-0.05, 0) is 12.1 Å². The summed E-state index contributed by atoms with van der Waals surface area (Å²) in [6.45, 7) is 0.488. The van der Waals surface area contributed by atoms with Crippen LogP contribution in [0.25, 0.3) is 0 Å². The molecule has 1 heterocycles. The molecule has 0 aliphatic carbocycles. The van der Waals surface area contributed by atoms with E-state index in [1.54, 1.807) is 0 Å². The van der Waals surface area contributed by atoms with Crippen molar-refractivity contribution in [2.75, 3.05) is 17.7 Å². The topological polar surface area (TPSA) is 47.9 Å². The molecule has 0 fully saturated rings. The number of nitrogens with zero attached hydrogens (tertiary/aromatic N) is 2. The third kappa shape index (κ3) is 3.28. The molecule has 20 heavy (non-hydrogen) atoms. The summed E-state index contributed by atoms with van der Waals surface area (Å²) in [6.07, 6.45) is -4.70. The highest BCUT2D eigenvalue weighted by molar-refractivity contribution is 8.14. The number of nitrogens with one attached hydrogen (secondary N) is 1. The molecule has 2 N–H and O–H groups in total. The molecule has 1 aromatic carbocycles. The average Bonchev–Trinajstić information content (AvgIpc) is 2.85. The molecule has 0 atom stereocenters. The van der Waals surface area contributed by atoms with Crippen LogP contribution in [-0.2, 0) is 6.18 Å². The van der Waals surface area contributed by atoms with Gasteiger partial charge in [0.15, 0.2) is 0 Å². The quantitative estimate of drug-likeness (QED) is 0.642. The van der Waals surface area contributed by atoms with Gasteiger partial charge >= 0.3 is 6.18 Å². The highest BCUT2D eigenvalue weighted by atomic mass is 35.5. The minimum atomic E-state index is -4.70. The summed E-state index contributed by atoms with van der Waals surface area (Å²) < 4.78 is 51.0. The molecular weight excluding hydrogens is 322 g/mol. The zero-order valence-corrected chi connectivity index (χ0v) is 11.3. The number of rotatable bonds is 2. The van der Waals surface area contributed by atoms with Crippen molar-refractivity contribution in [3.8, 4) is 0 Å². The number of amidine groups is 1. The van der Waals surface area contributed by atoms with Crippen molar-refractivity contribution in [1.82, 2.24) is 5.17 Å². The van der Waals surface area contributed by atoms with E-state index >= 15 is 0 Å². The highest BCUT2D eigenvalue weighted by Crippen LogP contribution is 2.35. The van der Waals surface area contributed by atoms with Gasteiger partial charge in [-0.25, -0.2) is 4.39 Å². The fourth-order valence-electron chi connectivity index (χ4n) is 1.45. The Morgan fingerprint density at radius 2 is 2.10 bits per heavy atom. The molecule has 0 amide bonds. The first-order valence-electron chi connectivity index (χ1n) is 5.28. The van der Waals surface area contributed by atoms with Crippen molar-refractivity contribution in [1.29, 1.82) is 0 Å². The molecule has 0 radical (unpaired) electrons. The van der Waals surface area contributed by atoms with Gasteiger partial charge in [0.1, 0.15) is 11.5 Å². The zero-order valence-electron chi connectivity index (χ0n) is 9.71. The minimum absolute atomic E-state index is 0.181. The SMILES string of the molecule is ON(Nc1c(F)cc(C(F)(F)F)cc1Cl)C1=NCCS1. The van der Waals surface area contributed by atoms with E-state index in [1.807, 2.05) is 0 Å². The summed E-state index contributed by atoms with van der Waals surface area (Å²) >= 11 is 6.81. The maximum atomic E-state index is 13.7. The van der Waals surface area contributed by atoms with Crippen LogP contribution in [0, 0.1) is 5.82 Å². The Morgan fingerprint density at radius 1 is 1.40 bits per heavy atom. The minimum Gasteiger partial charge on any atom is -0.268 e. The number of hydrogen-bond donors (Lipinski definition) is 2. The molecular formula is C10H8ClF4N3OS. The van der Waals surface area contributed by atoms with Crippen molar-refractivity contribution in [2.24, 2.45) is 4.99 Å². The van der Waals surface area contributed by atoms with E-state index in [9.17, 15) is 22.8 Å². The standard InChI is InChI=1S/C10H8ClF4N3OS/c11-6-3-5(10(13,14)15)4-7(12)8(6)17-18(19)9-16-1-2-20-9/h3-4,17,19H,1-2H2. The summed E-state index contributed by atoms with van der Waals surface area (Å²) in [5.41, 5.74) is 0.495. The van der Waals surface area contributed by atoms with Crippen LogP contribution in [0.1, 0.15) is 5.56 Å². The summed E-state index contributed by atoms with van der Waals surface area (Å²) in [6, 6.07) is 0.871. The number of hydrazine groups is 1. The fraction of sp³-hybridized carbons (Fsp3) is 0.300. The van der Waals surface area contributed by atoms with E-state index < -0.39 is 28.3 Å². The zero-order chi connectivity index (χ0) is 14.9. The van der Waals surface area contributed by atoms with Crippen LogP contribution in [0.3, 0.4) is 0 Å². The normalized spacial score (nSPS) is 15.2. The molecule has 1 aromatic rings. The first kappa shape index (κ1) is 15.2. The van der Waals surface area contributed by atoms with Crippen molar-refractivity contribution in [3.63, 3.8) is 0 Å². The molecule has 110 valence electrons. The van der Waals surface area contributed by atoms with Gasteiger partial charge in [-0.3, -0.25) is 15.6 Å². The van der Waals surface area contributed by atoms with Crippen molar-refractivity contribution >= 4 is 34.2 Å². The van der Waals surface area contributed by atoms with E-state index in [1.165, 1.54) is 11.8 Å². The highest BCUT2D eigenvalue weighted by Gasteiger charge is 2.32. The van der Waals surface area contributed by atoms with E-state index in [2.05, 4.69) is 10.4 Å². The van der Waals surface area contributed by atoms with Crippen LogP contribution in [0.4, 0.5) is 23.2 Å². The number of aliphatic imine (C=N–C) groups is 1. The summed E-state index contributed by atoms with van der Waals surface area (Å²) in [4.78, 5) is 3.90. The van der Waals surface area contributed by atoms with Crippen LogP contribution in [0.15, 0.2) is 17.1 Å². The van der Waals surface area contributed by atoms with Gasteiger partial charge in [0.05, 0.1) is 17.1 Å². The number of alkyl halides is 3. The van der Waals surface area contributed by atoms with Gasteiger partial charge in [-0.15, -0.1) is 5.17 Å². The molecule has 0 bridgehead atoms.